The average Bonchev–Trinajstić information content (AvgIpc) is 3.07. The summed E-state index contributed by atoms with van der Waals surface area (Å²) in [6, 6.07) is 6.21. The van der Waals surface area contributed by atoms with E-state index in [0.29, 0.717) is 5.94 Å². The van der Waals surface area contributed by atoms with Gasteiger partial charge in [-0.2, -0.15) is 13.2 Å². The highest BCUT2D eigenvalue weighted by Gasteiger charge is 2.65. The zero-order valence-corrected chi connectivity index (χ0v) is 9.78. The van der Waals surface area contributed by atoms with Crippen molar-refractivity contribution in [3.05, 3.63) is 29.8 Å². The number of hydrogen-bond donors (Lipinski definition) is 2. The van der Waals surface area contributed by atoms with Crippen molar-refractivity contribution in [1.29, 1.82) is 0 Å². The number of halogens is 3. The highest BCUT2D eigenvalue weighted by molar-refractivity contribution is 7.99. The lowest BCUT2D eigenvalue weighted by Gasteiger charge is -2.16. The summed E-state index contributed by atoms with van der Waals surface area (Å²) in [6.07, 6.45) is -4.35. The van der Waals surface area contributed by atoms with Crippen molar-refractivity contribution in [3.8, 4) is 0 Å². The first-order valence-corrected chi connectivity index (χ1v) is 5.81. The molecule has 17 heavy (non-hydrogen) atoms. The third-order valence-electron chi connectivity index (χ3n) is 2.43. The van der Waals surface area contributed by atoms with Gasteiger partial charge < -0.3 is 4.74 Å². The SMILES string of the molecule is COCSc1ccc(C2(C(F)(F)F)NN2)cc1. The highest BCUT2D eigenvalue weighted by atomic mass is 32.2. The van der Waals surface area contributed by atoms with E-state index >= 15 is 0 Å². The number of alkyl halides is 3. The van der Waals surface area contributed by atoms with Gasteiger partial charge in [0.2, 0.25) is 5.66 Å². The molecule has 1 fully saturated rings. The molecule has 0 unspecified atom stereocenters. The van der Waals surface area contributed by atoms with Gasteiger partial charge in [0.15, 0.2) is 0 Å². The number of rotatable bonds is 4. The molecule has 0 aromatic heterocycles. The van der Waals surface area contributed by atoms with Crippen molar-refractivity contribution < 1.29 is 17.9 Å². The van der Waals surface area contributed by atoms with Crippen LogP contribution in [0.2, 0.25) is 0 Å². The summed E-state index contributed by atoms with van der Waals surface area (Å²) in [7, 11) is 1.57. The number of ether oxygens (including phenoxy) is 1. The molecule has 1 aliphatic heterocycles. The molecule has 0 atom stereocenters. The van der Waals surface area contributed by atoms with Gasteiger partial charge in [0.25, 0.3) is 0 Å². The molecule has 0 aliphatic carbocycles. The fourth-order valence-corrected chi connectivity index (χ4v) is 2.02. The summed E-state index contributed by atoms with van der Waals surface area (Å²) >= 11 is 1.42. The van der Waals surface area contributed by atoms with Gasteiger partial charge in [0.05, 0.1) is 5.94 Å². The lowest BCUT2D eigenvalue weighted by molar-refractivity contribution is -0.165. The van der Waals surface area contributed by atoms with E-state index in [1.54, 1.807) is 19.2 Å². The summed E-state index contributed by atoms with van der Waals surface area (Å²) in [6.45, 7) is 0. The molecule has 1 aromatic carbocycles. The smallest absolute Gasteiger partial charge is 0.374 e. The molecule has 0 saturated carbocycles. The van der Waals surface area contributed by atoms with Crippen LogP contribution in [0.4, 0.5) is 13.2 Å². The molecule has 0 radical (unpaired) electrons. The van der Waals surface area contributed by atoms with Crippen LogP contribution in [0.5, 0.6) is 0 Å². The quantitative estimate of drug-likeness (QED) is 0.497. The largest absolute Gasteiger partial charge is 0.426 e. The van der Waals surface area contributed by atoms with Gasteiger partial charge >= 0.3 is 6.18 Å². The van der Waals surface area contributed by atoms with E-state index in [1.807, 2.05) is 0 Å². The van der Waals surface area contributed by atoms with Crippen LogP contribution < -0.4 is 10.9 Å². The minimum absolute atomic E-state index is 0.159. The van der Waals surface area contributed by atoms with E-state index in [9.17, 15) is 13.2 Å². The van der Waals surface area contributed by atoms with Gasteiger partial charge in [-0.15, -0.1) is 0 Å². The van der Waals surface area contributed by atoms with Crippen LogP contribution in [0.25, 0.3) is 0 Å². The van der Waals surface area contributed by atoms with Gasteiger partial charge in [-0.05, 0) is 17.7 Å². The first-order valence-electron chi connectivity index (χ1n) is 4.83. The van der Waals surface area contributed by atoms with Crippen molar-refractivity contribution in [2.24, 2.45) is 0 Å². The second kappa shape index (κ2) is 4.49. The predicted octanol–water partition coefficient (Wildman–Crippen LogP) is 2.21. The second-order valence-corrected chi connectivity index (χ2v) is 4.57. The number of thioether (sulfide) groups is 1. The van der Waals surface area contributed by atoms with E-state index in [1.165, 1.54) is 23.9 Å². The second-order valence-electron chi connectivity index (χ2n) is 3.57. The molecule has 0 amide bonds. The Morgan fingerprint density at radius 1 is 1.24 bits per heavy atom. The van der Waals surface area contributed by atoms with Crippen LogP contribution >= 0.6 is 11.8 Å². The molecule has 94 valence electrons. The third-order valence-corrected chi connectivity index (χ3v) is 3.39. The average molecular weight is 264 g/mol. The Labute approximate surface area is 101 Å². The third kappa shape index (κ3) is 2.42. The summed E-state index contributed by atoms with van der Waals surface area (Å²) in [4.78, 5) is 0.869. The van der Waals surface area contributed by atoms with Gasteiger partial charge in [-0.3, -0.25) is 0 Å². The number of nitrogens with one attached hydrogen (secondary N) is 2. The predicted molar refractivity (Wildman–Crippen MR) is 58.2 cm³/mol. The zero-order valence-electron chi connectivity index (χ0n) is 8.97. The molecule has 0 bridgehead atoms. The van der Waals surface area contributed by atoms with Crippen molar-refractivity contribution >= 4 is 11.8 Å². The van der Waals surface area contributed by atoms with Crippen LogP contribution in [0, 0.1) is 0 Å². The molecule has 2 N–H and O–H groups in total. The topological polar surface area (TPSA) is 53.1 Å². The van der Waals surface area contributed by atoms with E-state index in [0.717, 1.165) is 4.90 Å². The molecule has 1 aliphatic rings. The Hall–Kier alpha value is -0.760. The Morgan fingerprint density at radius 3 is 2.24 bits per heavy atom. The molecular formula is C10H11F3N2OS. The fourth-order valence-electron chi connectivity index (χ4n) is 1.44. The molecular weight excluding hydrogens is 253 g/mol. The molecule has 7 heteroatoms. The fraction of sp³-hybridized carbons (Fsp3) is 0.400. The summed E-state index contributed by atoms with van der Waals surface area (Å²) in [5, 5.41) is 0. The van der Waals surface area contributed by atoms with Crippen molar-refractivity contribution in [1.82, 2.24) is 10.9 Å². The van der Waals surface area contributed by atoms with Crippen molar-refractivity contribution in [2.75, 3.05) is 13.0 Å². The first kappa shape index (κ1) is 12.7. The van der Waals surface area contributed by atoms with Crippen LogP contribution in [-0.4, -0.2) is 19.2 Å². The molecule has 1 aromatic rings. The number of hydrazine groups is 1. The maximum absolute atomic E-state index is 12.7. The van der Waals surface area contributed by atoms with Crippen LogP contribution in [0.3, 0.4) is 0 Å². The number of methoxy groups -OCH3 is 1. The minimum atomic E-state index is -4.35. The Kier molecular flexibility index (Phi) is 3.35. The standard InChI is InChI=1S/C10H11F3N2OS/c1-16-6-17-8-4-2-7(3-5-8)9(14-15-9)10(11,12)13/h2-5,14-15H,6H2,1H3. The minimum Gasteiger partial charge on any atom is -0.374 e. The summed E-state index contributed by atoms with van der Waals surface area (Å²) in [5.74, 6) is 0.472. The molecule has 1 heterocycles. The van der Waals surface area contributed by atoms with Gasteiger partial charge in [0.1, 0.15) is 0 Å². The number of benzene rings is 1. The van der Waals surface area contributed by atoms with E-state index in [-0.39, 0.29) is 5.56 Å². The van der Waals surface area contributed by atoms with Crippen molar-refractivity contribution in [2.45, 2.75) is 16.7 Å². The van der Waals surface area contributed by atoms with Gasteiger partial charge in [-0.25, -0.2) is 10.9 Å². The van der Waals surface area contributed by atoms with E-state index < -0.39 is 11.8 Å². The Morgan fingerprint density at radius 2 is 1.82 bits per heavy atom. The Balaban J connectivity index is 2.13. The summed E-state index contributed by atoms with van der Waals surface area (Å²) in [5.41, 5.74) is 2.41. The van der Waals surface area contributed by atoms with E-state index in [2.05, 4.69) is 10.9 Å². The van der Waals surface area contributed by atoms with Crippen molar-refractivity contribution in [3.63, 3.8) is 0 Å². The summed E-state index contributed by atoms with van der Waals surface area (Å²) < 4.78 is 43.1. The van der Waals surface area contributed by atoms with Gasteiger partial charge in [0, 0.05) is 12.0 Å². The van der Waals surface area contributed by atoms with Crippen LogP contribution in [0.1, 0.15) is 5.56 Å². The maximum atomic E-state index is 12.7. The maximum Gasteiger partial charge on any atom is 0.426 e. The lowest BCUT2D eigenvalue weighted by Crippen LogP contribution is -2.34. The molecule has 2 rings (SSSR count). The van der Waals surface area contributed by atoms with Crippen LogP contribution in [0.15, 0.2) is 29.2 Å². The zero-order chi connectivity index (χ0) is 12.5. The Bertz CT molecular complexity index is 390. The lowest BCUT2D eigenvalue weighted by atomic mass is 10.0. The highest BCUT2D eigenvalue weighted by Crippen LogP contribution is 2.42. The molecule has 3 nitrogen and oxygen atoms in total. The molecule has 1 saturated heterocycles. The van der Waals surface area contributed by atoms with E-state index in [4.69, 9.17) is 4.74 Å². The molecule has 0 spiro atoms. The monoisotopic (exact) mass is 264 g/mol. The number of hydrogen-bond acceptors (Lipinski definition) is 4. The van der Waals surface area contributed by atoms with Crippen LogP contribution in [-0.2, 0) is 10.4 Å². The van der Waals surface area contributed by atoms with Gasteiger partial charge in [-0.1, -0.05) is 23.9 Å². The first-order chi connectivity index (χ1) is 7.99. The normalized spacial score (nSPS) is 18.1.